The predicted molar refractivity (Wildman–Crippen MR) is 90.8 cm³/mol. The molecule has 1 aliphatic carbocycles. The van der Waals surface area contributed by atoms with Crippen LogP contribution in [0, 0.1) is 0 Å². The van der Waals surface area contributed by atoms with Crippen LogP contribution in [0.15, 0.2) is 28.8 Å². The highest BCUT2D eigenvalue weighted by Gasteiger charge is 2.20. The Kier molecular flexibility index (Phi) is 5.41. The molecule has 0 aliphatic heterocycles. The van der Waals surface area contributed by atoms with Crippen molar-refractivity contribution in [2.75, 3.05) is 13.6 Å². The molecule has 1 saturated carbocycles. The van der Waals surface area contributed by atoms with Crippen molar-refractivity contribution in [3.05, 3.63) is 35.7 Å². The van der Waals surface area contributed by atoms with Gasteiger partial charge in [-0.2, -0.15) is 4.98 Å². The van der Waals surface area contributed by atoms with Gasteiger partial charge >= 0.3 is 0 Å². The molecule has 124 valence electrons. The van der Waals surface area contributed by atoms with Gasteiger partial charge in [0, 0.05) is 11.6 Å². The summed E-state index contributed by atoms with van der Waals surface area (Å²) in [6.45, 7) is 1.39. The highest BCUT2D eigenvalue weighted by Crippen LogP contribution is 2.23. The van der Waals surface area contributed by atoms with Crippen LogP contribution in [0.2, 0.25) is 0 Å². The van der Waals surface area contributed by atoms with Crippen molar-refractivity contribution in [3.63, 3.8) is 0 Å². The smallest absolute Gasteiger partial charge is 0.241 e. The molecule has 23 heavy (non-hydrogen) atoms. The molecule has 0 unspecified atom stereocenters. The quantitative estimate of drug-likeness (QED) is 0.887. The summed E-state index contributed by atoms with van der Waals surface area (Å²) in [4.78, 5) is 6.89. The van der Waals surface area contributed by atoms with E-state index in [1.165, 1.54) is 37.7 Å². The maximum atomic E-state index is 5.58. The molecule has 1 fully saturated rings. The van der Waals surface area contributed by atoms with Gasteiger partial charge in [-0.3, -0.25) is 4.90 Å². The van der Waals surface area contributed by atoms with Gasteiger partial charge in [0.2, 0.25) is 11.7 Å². The van der Waals surface area contributed by atoms with Gasteiger partial charge in [0.25, 0.3) is 0 Å². The zero-order valence-electron chi connectivity index (χ0n) is 13.9. The zero-order chi connectivity index (χ0) is 16.1. The first-order chi connectivity index (χ1) is 11.3. The van der Waals surface area contributed by atoms with Gasteiger partial charge in [0.15, 0.2) is 0 Å². The maximum Gasteiger partial charge on any atom is 0.241 e. The first-order valence-electron chi connectivity index (χ1n) is 8.58. The summed E-state index contributed by atoms with van der Waals surface area (Å²) in [5, 5.41) is 4.12. The molecule has 0 atom stereocenters. The molecule has 1 aromatic carbocycles. The number of hydrogen-bond donors (Lipinski definition) is 1. The number of benzene rings is 1. The average molecular weight is 314 g/mol. The van der Waals surface area contributed by atoms with E-state index in [-0.39, 0.29) is 0 Å². The lowest BCUT2D eigenvalue weighted by Crippen LogP contribution is -2.32. The Morgan fingerprint density at radius 3 is 2.61 bits per heavy atom. The van der Waals surface area contributed by atoms with Gasteiger partial charge in [-0.1, -0.05) is 48.7 Å². The third-order valence-corrected chi connectivity index (χ3v) is 4.70. The monoisotopic (exact) mass is 314 g/mol. The van der Waals surface area contributed by atoms with Crippen LogP contribution in [0.25, 0.3) is 11.4 Å². The van der Waals surface area contributed by atoms with Crippen LogP contribution < -0.4 is 5.73 Å². The molecule has 0 amide bonds. The molecular formula is C18H26N4O. The molecule has 1 heterocycles. The molecule has 1 aromatic heterocycles. The Hall–Kier alpha value is -1.72. The molecule has 1 aliphatic rings. The van der Waals surface area contributed by atoms with E-state index in [1.54, 1.807) is 0 Å². The summed E-state index contributed by atoms with van der Waals surface area (Å²) in [7, 11) is 2.15. The molecule has 0 saturated heterocycles. The van der Waals surface area contributed by atoms with Gasteiger partial charge in [-0.25, -0.2) is 0 Å². The van der Waals surface area contributed by atoms with E-state index >= 15 is 0 Å². The first-order valence-corrected chi connectivity index (χ1v) is 8.58. The predicted octanol–water partition coefficient (Wildman–Crippen LogP) is 3.00. The molecule has 3 rings (SSSR count). The molecule has 0 radical (unpaired) electrons. The largest absolute Gasteiger partial charge is 0.338 e. The summed E-state index contributed by atoms with van der Waals surface area (Å²) in [6.07, 6.45) is 7.48. The number of aromatic nitrogens is 2. The van der Waals surface area contributed by atoms with Gasteiger partial charge in [0.1, 0.15) is 0 Å². The summed E-state index contributed by atoms with van der Waals surface area (Å²) in [5.41, 5.74) is 7.80. The minimum absolute atomic E-state index is 0.648. The number of nitrogens with zero attached hydrogens (tertiary/aromatic N) is 3. The molecular weight excluding hydrogens is 288 g/mol. The lowest BCUT2D eigenvalue weighted by atomic mass is 9.94. The average Bonchev–Trinajstić information content (AvgIpc) is 3.05. The van der Waals surface area contributed by atoms with Crippen molar-refractivity contribution in [1.82, 2.24) is 15.0 Å². The van der Waals surface area contributed by atoms with Gasteiger partial charge in [-0.05, 0) is 38.4 Å². The lowest BCUT2D eigenvalue weighted by molar-refractivity contribution is 0.165. The first kappa shape index (κ1) is 16.1. The Morgan fingerprint density at radius 1 is 1.17 bits per heavy atom. The summed E-state index contributed by atoms with van der Waals surface area (Å²) < 4.78 is 5.44. The second-order valence-corrected chi connectivity index (χ2v) is 6.45. The van der Waals surface area contributed by atoms with Crippen LogP contribution in [0.3, 0.4) is 0 Å². The Labute approximate surface area is 137 Å². The van der Waals surface area contributed by atoms with E-state index in [0.717, 1.165) is 18.5 Å². The fraction of sp³-hybridized carbons (Fsp3) is 0.556. The lowest BCUT2D eigenvalue weighted by Gasteiger charge is -2.29. The van der Waals surface area contributed by atoms with E-state index in [1.807, 2.05) is 12.1 Å². The van der Waals surface area contributed by atoms with Crippen molar-refractivity contribution < 1.29 is 4.52 Å². The highest BCUT2D eigenvalue weighted by atomic mass is 16.5. The molecule has 0 bridgehead atoms. The van der Waals surface area contributed by atoms with Crippen molar-refractivity contribution in [1.29, 1.82) is 0 Å². The number of hydrogen-bond acceptors (Lipinski definition) is 5. The minimum Gasteiger partial charge on any atom is -0.338 e. The van der Waals surface area contributed by atoms with Crippen LogP contribution in [0.1, 0.15) is 43.6 Å². The van der Waals surface area contributed by atoms with Crippen LogP contribution in [-0.2, 0) is 13.0 Å². The van der Waals surface area contributed by atoms with Crippen molar-refractivity contribution >= 4 is 0 Å². The fourth-order valence-electron chi connectivity index (χ4n) is 3.29. The topological polar surface area (TPSA) is 68.2 Å². The van der Waals surface area contributed by atoms with E-state index in [2.05, 4.69) is 34.2 Å². The van der Waals surface area contributed by atoms with Crippen LogP contribution in [-0.4, -0.2) is 34.7 Å². The van der Waals surface area contributed by atoms with E-state index in [9.17, 15) is 0 Å². The molecule has 2 N–H and O–H groups in total. The minimum atomic E-state index is 0.648. The summed E-state index contributed by atoms with van der Waals surface area (Å²) in [6, 6.07) is 8.86. The van der Waals surface area contributed by atoms with Gasteiger partial charge in [-0.15, -0.1) is 0 Å². The number of rotatable bonds is 6. The van der Waals surface area contributed by atoms with Gasteiger partial charge in [0.05, 0.1) is 6.54 Å². The molecule has 5 nitrogen and oxygen atoms in total. The second-order valence-electron chi connectivity index (χ2n) is 6.45. The van der Waals surface area contributed by atoms with Crippen LogP contribution in [0.5, 0.6) is 0 Å². The van der Waals surface area contributed by atoms with Crippen molar-refractivity contribution in [2.24, 2.45) is 5.73 Å². The van der Waals surface area contributed by atoms with E-state index in [0.29, 0.717) is 24.3 Å². The SMILES string of the molecule is CN(Cc1nc(-c2ccc(CCN)cc2)no1)C1CCCCC1. The third-order valence-electron chi connectivity index (χ3n) is 4.70. The molecule has 0 spiro atoms. The Bertz CT molecular complexity index is 602. The van der Waals surface area contributed by atoms with Crippen molar-refractivity contribution in [3.8, 4) is 11.4 Å². The van der Waals surface area contributed by atoms with Crippen LogP contribution >= 0.6 is 0 Å². The van der Waals surface area contributed by atoms with E-state index in [4.69, 9.17) is 10.3 Å². The highest BCUT2D eigenvalue weighted by molar-refractivity contribution is 5.54. The molecule has 2 aromatic rings. The Balaban J connectivity index is 1.63. The third kappa shape index (κ3) is 4.18. The van der Waals surface area contributed by atoms with Gasteiger partial charge < -0.3 is 10.3 Å². The zero-order valence-corrected chi connectivity index (χ0v) is 13.9. The van der Waals surface area contributed by atoms with E-state index < -0.39 is 0 Å². The van der Waals surface area contributed by atoms with Crippen molar-refractivity contribution in [2.45, 2.75) is 51.1 Å². The standard InChI is InChI=1S/C18H26N4O/c1-22(16-5-3-2-4-6-16)13-17-20-18(21-23-17)15-9-7-14(8-10-15)11-12-19/h7-10,16H,2-6,11-13,19H2,1H3. The summed E-state index contributed by atoms with van der Waals surface area (Å²) in [5.74, 6) is 1.36. The molecule has 5 heteroatoms. The summed E-state index contributed by atoms with van der Waals surface area (Å²) >= 11 is 0. The Morgan fingerprint density at radius 2 is 1.91 bits per heavy atom. The normalized spacial score (nSPS) is 16.1. The maximum absolute atomic E-state index is 5.58. The fourth-order valence-corrected chi connectivity index (χ4v) is 3.29. The second kappa shape index (κ2) is 7.70. The van der Waals surface area contributed by atoms with Crippen LogP contribution in [0.4, 0.5) is 0 Å². The number of nitrogens with two attached hydrogens (primary N) is 1.